The highest BCUT2D eigenvalue weighted by molar-refractivity contribution is 5.83. The summed E-state index contributed by atoms with van der Waals surface area (Å²) in [7, 11) is 6.79. The summed E-state index contributed by atoms with van der Waals surface area (Å²) in [4.78, 5) is 0. The maximum atomic E-state index is 4.18. The van der Waals surface area contributed by atoms with Gasteiger partial charge in [0.25, 0.3) is 0 Å². The minimum absolute atomic E-state index is 1.02. The van der Waals surface area contributed by atoms with Crippen molar-refractivity contribution in [2.24, 2.45) is 0 Å². The lowest BCUT2D eigenvalue weighted by atomic mass is 10.1. The Morgan fingerprint density at radius 2 is 0.800 bits per heavy atom. The van der Waals surface area contributed by atoms with Crippen molar-refractivity contribution in [1.82, 2.24) is 0 Å². The molecule has 1 aliphatic rings. The maximum absolute atomic E-state index is 4.18. The van der Waals surface area contributed by atoms with Gasteiger partial charge in [-0.2, -0.15) is 0 Å². The van der Waals surface area contributed by atoms with Gasteiger partial charge in [-0.1, -0.05) is 36.5 Å². The first-order chi connectivity index (χ1) is 14.1. The van der Waals surface area contributed by atoms with Gasteiger partial charge in [0, 0.05) is 57.8 Å². The molecule has 0 aromatic rings. The van der Waals surface area contributed by atoms with Crippen LogP contribution in [0.5, 0.6) is 0 Å². The van der Waals surface area contributed by atoms with Gasteiger partial charge in [-0.25, -0.2) is 13.7 Å². The van der Waals surface area contributed by atoms with Crippen LogP contribution < -0.4 is 0 Å². The Kier molecular flexibility index (Phi) is 11.8. The van der Waals surface area contributed by atoms with Gasteiger partial charge in [-0.15, -0.1) is 0 Å². The zero-order valence-corrected chi connectivity index (χ0v) is 20.9. The Bertz CT molecular complexity index is 631. The Balaban J connectivity index is 3.19. The van der Waals surface area contributed by atoms with Gasteiger partial charge in [0.1, 0.15) is 40.8 Å². The van der Waals surface area contributed by atoms with E-state index in [0.29, 0.717) is 0 Å². The topological polar surface area (TPSA) is 9.03 Å². The van der Waals surface area contributed by atoms with Gasteiger partial charge in [-0.05, 0) is 20.8 Å². The van der Waals surface area contributed by atoms with Crippen LogP contribution in [-0.2, 0) is 0 Å². The van der Waals surface area contributed by atoms with Crippen molar-refractivity contribution >= 4 is 17.1 Å². The fraction of sp³-hybridized carbons (Fsp3) is 0.667. The summed E-state index contributed by atoms with van der Waals surface area (Å²) in [5, 5.41) is 0. The lowest BCUT2D eigenvalue weighted by Gasteiger charge is -2.09. The summed E-state index contributed by atoms with van der Waals surface area (Å²) in [6.45, 7) is 22.3. The van der Waals surface area contributed by atoms with E-state index in [0.717, 1.165) is 58.2 Å². The van der Waals surface area contributed by atoms with Crippen LogP contribution in [0.2, 0.25) is 0 Å². The minimum Gasteiger partial charge on any atom is -0.239 e. The third-order valence-electron chi connectivity index (χ3n) is 6.01. The lowest BCUT2D eigenvalue weighted by Crippen LogP contribution is -2.23. The molecule has 30 heavy (non-hydrogen) atoms. The maximum Gasteiger partial charge on any atom is 0.156 e. The van der Waals surface area contributed by atoms with Crippen LogP contribution >= 0.6 is 0 Å². The van der Waals surface area contributed by atoms with Gasteiger partial charge in [0.05, 0.1) is 0 Å². The van der Waals surface area contributed by atoms with E-state index in [-0.39, 0.29) is 0 Å². The van der Waals surface area contributed by atoms with Gasteiger partial charge in [0.2, 0.25) is 0 Å². The van der Waals surface area contributed by atoms with E-state index in [2.05, 4.69) is 75.4 Å². The molecule has 0 spiro atoms. The molecular weight excluding hydrogens is 366 g/mol. The first kappa shape index (κ1) is 26.3. The van der Waals surface area contributed by atoms with Crippen LogP contribution in [0.4, 0.5) is 0 Å². The van der Waals surface area contributed by atoms with Gasteiger partial charge < -0.3 is 0 Å². The smallest absolute Gasteiger partial charge is 0.156 e. The van der Waals surface area contributed by atoms with Crippen molar-refractivity contribution in [2.45, 2.75) is 78.6 Å². The van der Waals surface area contributed by atoms with Crippen molar-refractivity contribution in [1.29, 1.82) is 0 Å². The van der Waals surface area contributed by atoms with Gasteiger partial charge in [0.15, 0.2) is 17.1 Å². The Morgan fingerprint density at radius 1 is 0.567 bits per heavy atom. The number of hydrogen-bond donors (Lipinski definition) is 0. The number of allylic oxidation sites excluding steroid dienone is 3. The van der Waals surface area contributed by atoms with Gasteiger partial charge in [-0.3, -0.25) is 0 Å². The number of hydrogen-bond acceptors (Lipinski definition) is 0. The Hall–Kier alpha value is -1.77. The van der Waals surface area contributed by atoms with E-state index in [1.54, 1.807) is 0 Å². The average Bonchev–Trinajstić information content (AvgIpc) is 2.63. The molecule has 0 fully saturated rings. The molecule has 0 aromatic heterocycles. The van der Waals surface area contributed by atoms with Gasteiger partial charge >= 0.3 is 0 Å². The third kappa shape index (κ3) is 10.3. The summed E-state index contributed by atoms with van der Waals surface area (Å²) in [5.74, 6) is 0. The summed E-state index contributed by atoms with van der Waals surface area (Å²) >= 11 is 0. The fourth-order valence-corrected chi connectivity index (χ4v) is 4.32. The van der Waals surface area contributed by atoms with E-state index >= 15 is 0 Å². The van der Waals surface area contributed by atoms with Crippen LogP contribution in [0.1, 0.15) is 78.6 Å². The molecule has 0 saturated heterocycles. The van der Waals surface area contributed by atoms with E-state index in [4.69, 9.17) is 0 Å². The highest BCUT2D eigenvalue weighted by Crippen LogP contribution is 2.11. The minimum atomic E-state index is 1.02. The van der Waals surface area contributed by atoms with Crippen molar-refractivity contribution < 1.29 is 13.7 Å². The second-order valence-corrected chi connectivity index (χ2v) is 9.68. The highest BCUT2D eigenvalue weighted by atomic mass is 15.0. The summed E-state index contributed by atoms with van der Waals surface area (Å²) in [5.41, 5.74) is 8.36. The van der Waals surface area contributed by atoms with Crippen molar-refractivity contribution in [3.63, 3.8) is 0 Å². The van der Waals surface area contributed by atoms with E-state index in [1.165, 1.54) is 53.1 Å². The average molecular weight is 415 g/mol. The van der Waals surface area contributed by atoms with E-state index in [1.807, 2.05) is 0 Å². The normalized spacial score (nSPS) is 18.2. The SMILES string of the molecule is C=C(C)CC1=[N+](C)CCCC(CC(=C)C)=[N+](C)CCCC(CC(=C)C)=[N+](C)CCC1. The molecule has 168 valence electrons. The van der Waals surface area contributed by atoms with Crippen LogP contribution in [0.3, 0.4) is 0 Å². The monoisotopic (exact) mass is 414 g/mol. The Labute approximate surface area is 186 Å². The summed E-state index contributed by atoms with van der Waals surface area (Å²) in [6.07, 6.45) is 10.1. The first-order valence-corrected chi connectivity index (χ1v) is 11.7. The molecular formula is C27H48N3+3. The Morgan fingerprint density at radius 3 is 1.00 bits per heavy atom. The molecule has 3 nitrogen and oxygen atoms in total. The summed E-state index contributed by atoms with van der Waals surface area (Å²) in [6, 6.07) is 0. The molecule has 0 atom stereocenters. The van der Waals surface area contributed by atoms with Crippen molar-refractivity contribution in [3.8, 4) is 0 Å². The lowest BCUT2D eigenvalue weighted by molar-refractivity contribution is -0.505. The molecule has 0 saturated carbocycles. The third-order valence-corrected chi connectivity index (χ3v) is 6.01. The first-order valence-electron chi connectivity index (χ1n) is 11.7. The molecule has 1 heterocycles. The van der Waals surface area contributed by atoms with Crippen LogP contribution in [0.25, 0.3) is 0 Å². The molecule has 0 N–H and O–H groups in total. The quantitative estimate of drug-likeness (QED) is 0.401. The standard InChI is InChI=1S/C27H48N3/c1-22(2)19-25-13-10-17-29(8)27(21-24(5)6)15-12-18-30(9)26(20-23(3)4)14-11-16-28(25)7/h1,3,5,10-21H2,2,4,6-9H3/q+3. The van der Waals surface area contributed by atoms with Crippen LogP contribution in [-0.4, -0.2) is 71.6 Å². The second-order valence-electron chi connectivity index (χ2n) is 9.68. The van der Waals surface area contributed by atoms with Crippen LogP contribution in [0, 0.1) is 0 Å². The fourth-order valence-electron chi connectivity index (χ4n) is 4.32. The molecule has 0 bridgehead atoms. The largest absolute Gasteiger partial charge is 0.239 e. The molecule has 0 aromatic carbocycles. The molecule has 3 heteroatoms. The van der Waals surface area contributed by atoms with Crippen molar-refractivity contribution in [3.05, 3.63) is 36.5 Å². The predicted octanol–water partition coefficient (Wildman–Crippen LogP) is 5.49. The van der Waals surface area contributed by atoms with Crippen molar-refractivity contribution in [2.75, 3.05) is 40.8 Å². The van der Waals surface area contributed by atoms with E-state index < -0.39 is 0 Å². The zero-order valence-electron chi connectivity index (χ0n) is 20.9. The molecule has 0 unspecified atom stereocenters. The predicted molar refractivity (Wildman–Crippen MR) is 134 cm³/mol. The number of nitrogens with zero attached hydrogens (tertiary/aromatic N) is 3. The highest BCUT2D eigenvalue weighted by Gasteiger charge is 2.19. The molecule has 0 amide bonds. The molecule has 0 aliphatic carbocycles. The summed E-state index contributed by atoms with van der Waals surface area (Å²) < 4.78 is 7.47. The van der Waals surface area contributed by atoms with E-state index in [9.17, 15) is 0 Å². The molecule has 0 radical (unpaired) electrons. The molecule has 1 rings (SSSR count). The molecule has 1 aliphatic heterocycles. The van der Waals surface area contributed by atoms with Crippen LogP contribution in [0.15, 0.2) is 36.5 Å². The number of rotatable bonds is 6. The second kappa shape index (κ2) is 13.5. The zero-order chi connectivity index (χ0) is 22.7.